The summed E-state index contributed by atoms with van der Waals surface area (Å²) in [5, 5.41) is 19.1. The standard InChI is InChI=1S/C15H18N6O3/c1-9-8-21(3-4-24-9)14-5-12(19-20-13(14)7-17)11(6-16)15(23)18-10(2)22/h5-6,9H,3-4,8,16H2,1-2H3,(H,18,22,23)/b11-6-/t9-/m0/s1. The molecule has 0 aromatic carbocycles. The van der Waals surface area contributed by atoms with Crippen LogP contribution in [-0.2, 0) is 14.3 Å². The molecule has 1 aromatic heterocycles. The highest BCUT2D eigenvalue weighted by molar-refractivity contribution is 6.23. The van der Waals surface area contributed by atoms with Gasteiger partial charge in [-0.25, -0.2) is 0 Å². The van der Waals surface area contributed by atoms with Crippen LogP contribution in [0.1, 0.15) is 25.2 Å². The fourth-order valence-corrected chi connectivity index (χ4v) is 2.38. The normalized spacial score (nSPS) is 18.0. The average molecular weight is 330 g/mol. The molecule has 0 bridgehead atoms. The number of nitrogens with zero attached hydrogens (tertiary/aromatic N) is 4. The van der Waals surface area contributed by atoms with Crippen molar-refractivity contribution in [1.82, 2.24) is 15.5 Å². The zero-order valence-electron chi connectivity index (χ0n) is 13.4. The van der Waals surface area contributed by atoms with E-state index in [9.17, 15) is 14.9 Å². The Bertz CT molecular complexity index is 724. The maximum Gasteiger partial charge on any atom is 0.261 e. The lowest BCUT2D eigenvalue weighted by atomic mass is 10.1. The van der Waals surface area contributed by atoms with Crippen LogP contribution in [0.5, 0.6) is 0 Å². The van der Waals surface area contributed by atoms with Gasteiger partial charge in [0.1, 0.15) is 11.8 Å². The molecule has 0 aliphatic carbocycles. The Kier molecular flexibility index (Phi) is 5.44. The Balaban J connectivity index is 2.39. The molecule has 0 spiro atoms. The number of hydrogen-bond donors (Lipinski definition) is 2. The van der Waals surface area contributed by atoms with E-state index in [0.29, 0.717) is 25.4 Å². The number of carbonyl (C=O) groups is 2. The molecule has 2 rings (SSSR count). The first-order valence-corrected chi connectivity index (χ1v) is 7.34. The summed E-state index contributed by atoms with van der Waals surface area (Å²) in [6.07, 6.45) is 1.06. The van der Waals surface area contributed by atoms with Crippen LogP contribution < -0.4 is 16.0 Å². The van der Waals surface area contributed by atoms with Gasteiger partial charge in [0.25, 0.3) is 5.91 Å². The van der Waals surface area contributed by atoms with E-state index in [1.807, 2.05) is 17.9 Å². The first kappa shape index (κ1) is 17.4. The van der Waals surface area contributed by atoms with Crippen molar-refractivity contribution in [3.8, 4) is 6.07 Å². The van der Waals surface area contributed by atoms with Gasteiger partial charge in [-0.05, 0) is 13.0 Å². The minimum Gasteiger partial charge on any atom is -0.404 e. The van der Waals surface area contributed by atoms with Gasteiger partial charge >= 0.3 is 0 Å². The van der Waals surface area contributed by atoms with Gasteiger partial charge < -0.3 is 15.4 Å². The molecule has 3 N–H and O–H groups in total. The summed E-state index contributed by atoms with van der Waals surface area (Å²) in [5.74, 6) is -1.19. The maximum atomic E-state index is 12.0. The Morgan fingerprint density at radius 1 is 1.54 bits per heavy atom. The molecule has 1 aromatic rings. The predicted octanol–water partition coefficient (Wildman–Crippen LogP) is -0.464. The second-order valence-electron chi connectivity index (χ2n) is 5.29. The lowest BCUT2D eigenvalue weighted by Gasteiger charge is -2.33. The maximum absolute atomic E-state index is 12.0. The van der Waals surface area contributed by atoms with Crippen LogP contribution in [0, 0.1) is 11.3 Å². The van der Waals surface area contributed by atoms with Gasteiger partial charge in [-0.3, -0.25) is 14.9 Å². The Hall–Kier alpha value is -2.99. The van der Waals surface area contributed by atoms with Crippen molar-refractivity contribution >= 4 is 23.1 Å². The van der Waals surface area contributed by atoms with Gasteiger partial charge in [-0.15, -0.1) is 10.2 Å². The van der Waals surface area contributed by atoms with E-state index in [1.165, 1.54) is 6.92 Å². The van der Waals surface area contributed by atoms with Crippen LogP contribution in [0.25, 0.3) is 5.57 Å². The molecule has 0 radical (unpaired) electrons. The van der Waals surface area contributed by atoms with Crippen LogP contribution in [0.3, 0.4) is 0 Å². The van der Waals surface area contributed by atoms with Crippen molar-refractivity contribution in [3.63, 3.8) is 0 Å². The zero-order valence-corrected chi connectivity index (χ0v) is 13.4. The summed E-state index contributed by atoms with van der Waals surface area (Å²) in [6, 6.07) is 3.56. The van der Waals surface area contributed by atoms with Crippen LogP contribution >= 0.6 is 0 Å². The van der Waals surface area contributed by atoms with Crippen molar-refractivity contribution in [2.45, 2.75) is 20.0 Å². The summed E-state index contributed by atoms with van der Waals surface area (Å²) >= 11 is 0. The summed E-state index contributed by atoms with van der Waals surface area (Å²) in [7, 11) is 0. The molecule has 1 saturated heterocycles. The highest BCUT2D eigenvalue weighted by Crippen LogP contribution is 2.24. The minimum atomic E-state index is -0.676. The number of aromatic nitrogens is 2. The van der Waals surface area contributed by atoms with Crippen molar-refractivity contribution < 1.29 is 14.3 Å². The second-order valence-corrected chi connectivity index (χ2v) is 5.29. The molecule has 1 fully saturated rings. The fraction of sp³-hybridized carbons (Fsp3) is 0.400. The SMILES string of the molecule is CC(=O)NC(=O)/C(=C\N)c1cc(N2CCO[C@@H](C)C2)c(C#N)nn1. The summed E-state index contributed by atoms with van der Waals surface area (Å²) in [6.45, 7) is 4.84. The Labute approximate surface area is 139 Å². The third kappa shape index (κ3) is 3.85. The van der Waals surface area contributed by atoms with Crippen LogP contribution in [-0.4, -0.2) is 47.8 Å². The predicted molar refractivity (Wildman–Crippen MR) is 85.4 cm³/mol. The first-order chi connectivity index (χ1) is 11.5. The molecule has 0 saturated carbocycles. The quantitative estimate of drug-likeness (QED) is 0.711. The largest absolute Gasteiger partial charge is 0.404 e. The molecule has 9 nitrogen and oxygen atoms in total. The van der Waals surface area contributed by atoms with E-state index >= 15 is 0 Å². The van der Waals surface area contributed by atoms with Crippen molar-refractivity contribution in [1.29, 1.82) is 5.26 Å². The van der Waals surface area contributed by atoms with Gasteiger partial charge in [0, 0.05) is 26.2 Å². The summed E-state index contributed by atoms with van der Waals surface area (Å²) < 4.78 is 5.49. The molecule has 1 aliphatic rings. The van der Waals surface area contributed by atoms with E-state index in [1.54, 1.807) is 6.07 Å². The lowest BCUT2D eigenvalue weighted by Crippen LogP contribution is -2.41. The fourth-order valence-electron chi connectivity index (χ4n) is 2.38. The Morgan fingerprint density at radius 2 is 2.29 bits per heavy atom. The third-order valence-corrected chi connectivity index (χ3v) is 3.44. The molecule has 1 atom stereocenters. The molecule has 126 valence electrons. The smallest absolute Gasteiger partial charge is 0.261 e. The summed E-state index contributed by atoms with van der Waals surface area (Å²) in [4.78, 5) is 25.0. The van der Waals surface area contributed by atoms with Gasteiger partial charge in [0.15, 0.2) is 5.69 Å². The molecule has 9 heteroatoms. The number of amides is 2. The third-order valence-electron chi connectivity index (χ3n) is 3.44. The number of carbonyl (C=O) groups excluding carboxylic acids is 2. The molecule has 0 unspecified atom stereocenters. The second kappa shape index (κ2) is 7.52. The summed E-state index contributed by atoms with van der Waals surface area (Å²) in [5.41, 5.74) is 6.39. The van der Waals surface area contributed by atoms with E-state index in [-0.39, 0.29) is 23.1 Å². The van der Waals surface area contributed by atoms with Gasteiger partial charge in [0.05, 0.1) is 24.0 Å². The molecular formula is C15H18N6O3. The van der Waals surface area contributed by atoms with Gasteiger partial charge in [-0.2, -0.15) is 5.26 Å². The molecule has 2 heterocycles. The Morgan fingerprint density at radius 3 is 2.88 bits per heavy atom. The van der Waals surface area contributed by atoms with E-state index in [2.05, 4.69) is 15.5 Å². The van der Waals surface area contributed by atoms with Crippen molar-refractivity contribution in [3.05, 3.63) is 23.7 Å². The van der Waals surface area contributed by atoms with Crippen molar-refractivity contribution in [2.24, 2.45) is 5.73 Å². The number of nitrogens with two attached hydrogens (primary N) is 1. The van der Waals surface area contributed by atoms with Gasteiger partial charge in [-0.1, -0.05) is 0 Å². The zero-order chi connectivity index (χ0) is 17.7. The van der Waals surface area contributed by atoms with Crippen LogP contribution in [0.15, 0.2) is 12.3 Å². The highest BCUT2D eigenvalue weighted by atomic mass is 16.5. The lowest BCUT2D eigenvalue weighted by molar-refractivity contribution is -0.126. The van der Waals surface area contributed by atoms with E-state index in [4.69, 9.17) is 10.5 Å². The van der Waals surface area contributed by atoms with E-state index in [0.717, 1.165) is 6.20 Å². The number of nitrogens with one attached hydrogen (secondary N) is 1. The number of ether oxygens (including phenoxy) is 1. The minimum absolute atomic E-state index is 0.00440. The first-order valence-electron chi connectivity index (χ1n) is 7.34. The van der Waals surface area contributed by atoms with Gasteiger partial charge in [0.2, 0.25) is 5.91 Å². The van der Waals surface area contributed by atoms with Crippen LogP contribution in [0.2, 0.25) is 0 Å². The molecule has 24 heavy (non-hydrogen) atoms. The number of hydrogen-bond acceptors (Lipinski definition) is 8. The van der Waals surface area contributed by atoms with Crippen molar-refractivity contribution in [2.75, 3.05) is 24.6 Å². The monoisotopic (exact) mass is 330 g/mol. The molecule has 1 aliphatic heterocycles. The number of nitriles is 1. The highest BCUT2D eigenvalue weighted by Gasteiger charge is 2.23. The molecular weight excluding hydrogens is 312 g/mol. The number of anilines is 1. The number of imide groups is 1. The topological polar surface area (TPSA) is 134 Å². The number of morpholine rings is 1. The van der Waals surface area contributed by atoms with E-state index < -0.39 is 11.8 Å². The average Bonchev–Trinajstić information content (AvgIpc) is 2.54. The number of rotatable bonds is 3. The molecule has 2 amide bonds. The van der Waals surface area contributed by atoms with Crippen LogP contribution in [0.4, 0.5) is 5.69 Å².